The van der Waals surface area contributed by atoms with Crippen molar-refractivity contribution in [2.24, 2.45) is 16.2 Å². The minimum atomic E-state index is -1.26. The van der Waals surface area contributed by atoms with Crippen molar-refractivity contribution in [2.45, 2.75) is 70.6 Å². The van der Waals surface area contributed by atoms with Gasteiger partial charge in [0.25, 0.3) is 0 Å². The van der Waals surface area contributed by atoms with Gasteiger partial charge in [0.05, 0.1) is 10.8 Å². The number of carboxylic acids is 2. The fourth-order valence-electron chi connectivity index (χ4n) is 5.41. The van der Waals surface area contributed by atoms with Gasteiger partial charge in [0.15, 0.2) is 5.41 Å². The largest absolute Gasteiger partial charge is 0.481 e. The van der Waals surface area contributed by atoms with E-state index >= 15 is 0 Å². The molecule has 0 aromatic carbocycles. The quantitative estimate of drug-likeness (QED) is 0.210. The van der Waals surface area contributed by atoms with Crippen molar-refractivity contribution in [3.8, 4) is 0 Å². The summed E-state index contributed by atoms with van der Waals surface area (Å²) in [4.78, 5) is 47.6. The van der Waals surface area contributed by atoms with Crippen LogP contribution >= 0.6 is 0 Å². The Kier molecular flexibility index (Phi) is 12.4. The van der Waals surface area contributed by atoms with Crippen LogP contribution in [0, 0.1) is 16.2 Å². The molecule has 8 nitrogen and oxygen atoms in total. The lowest BCUT2D eigenvalue weighted by atomic mass is 9.53. The second-order valence-corrected chi connectivity index (χ2v) is 9.38. The molecule has 2 saturated carbocycles. The highest BCUT2D eigenvalue weighted by atomic mass is 16.6. The average Bonchev–Trinajstić information content (AvgIpc) is 2.87. The predicted molar refractivity (Wildman–Crippen MR) is 136 cm³/mol. The SMILES string of the molecule is C=CCC1(C(=O)O)CCCCC1(CC=C)C(=O)O.C=CCOC(=O)C1(C(=O)OCC=C)CCCCC1. The lowest BCUT2D eigenvalue weighted by Gasteiger charge is -2.47. The Labute approximate surface area is 213 Å². The fourth-order valence-corrected chi connectivity index (χ4v) is 5.41. The van der Waals surface area contributed by atoms with E-state index < -0.39 is 40.1 Å². The molecule has 2 aliphatic rings. The van der Waals surface area contributed by atoms with Gasteiger partial charge in [-0.05, 0) is 38.5 Å². The van der Waals surface area contributed by atoms with Crippen molar-refractivity contribution >= 4 is 23.9 Å². The predicted octanol–water partition coefficient (Wildman–Crippen LogP) is 5.25. The summed E-state index contributed by atoms with van der Waals surface area (Å²) >= 11 is 0. The summed E-state index contributed by atoms with van der Waals surface area (Å²) in [6, 6.07) is 0. The Balaban J connectivity index is 0.000000360. The summed E-state index contributed by atoms with van der Waals surface area (Å²) in [7, 11) is 0. The molecule has 200 valence electrons. The molecule has 0 bridgehead atoms. The molecule has 0 aromatic rings. The summed E-state index contributed by atoms with van der Waals surface area (Å²) in [6.45, 7) is 14.4. The van der Waals surface area contributed by atoms with Gasteiger partial charge in [-0.1, -0.05) is 69.6 Å². The Morgan fingerprint density at radius 1 is 0.611 bits per heavy atom. The number of carbonyl (C=O) groups is 4. The molecule has 2 atom stereocenters. The highest BCUT2D eigenvalue weighted by Crippen LogP contribution is 2.55. The van der Waals surface area contributed by atoms with Gasteiger partial charge in [-0.25, -0.2) is 0 Å². The third kappa shape index (κ3) is 6.53. The summed E-state index contributed by atoms with van der Waals surface area (Å²) in [5.74, 6) is -3.05. The molecule has 8 heteroatoms. The van der Waals surface area contributed by atoms with Gasteiger partial charge < -0.3 is 19.7 Å². The first-order valence-corrected chi connectivity index (χ1v) is 12.4. The third-order valence-electron chi connectivity index (χ3n) is 7.33. The van der Waals surface area contributed by atoms with Crippen LogP contribution in [-0.4, -0.2) is 47.3 Å². The number of rotatable bonds is 12. The molecule has 0 spiro atoms. The number of hydrogen-bond acceptors (Lipinski definition) is 6. The van der Waals surface area contributed by atoms with Crippen LogP contribution in [0.25, 0.3) is 0 Å². The summed E-state index contributed by atoms with van der Waals surface area (Å²) < 4.78 is 10.1. The second-order valence-electron chi connectivity index (χ2n) is 9.38. The summed E-state index contributed by atoms with van der Waals surface area (Å²) in [5.41, 5.74) is -3.63. The van der Waals surface area contributed by atoms with E-state index in [0.29, 0.717) is 25.7 Å². The van der Waals surface area contributed by atoms with Crippen molar-refractivity contribution in [3.63, 3.8) is 0 Å². The molecule has 0 heterocycles. The molecule has 0 saturated heterocycles. The zero-order chi connectivity index (χ0) is 27.2. The van der Waals surface area contributed by atoms with E-state index in [4.69, 9.17) is 9.47 Å². The molecule has 2 rings (SSSR count). The van der Waals surface area contributed by atoms with Crippen molar-refractivity contribution in [1.82, 2.24) is 0 Å². The maximum Gasteiger partial charge on any atom is 0.323 e. The van der Waals surface area contributed by atoms with E-state index in [1.54, 1.807) is 0 Å². The van der Waals surface area contributed by atoms with Crippen LogP contribution in [0.5, 0.6) is 0 Å². The number of aliphatic carboxylic acids is 2. The summed E-state index contributed by atoms with van der Waals surface area (Å²) in [5, 5.41) is 19.2. The maximum atomic E-state index is 12.1. The van der Waals surface area contributed by atoms with Crippen LogP contribution in [0.2, 0.25) is 0 Å². The van der Waals surface area contributed by atoms with Crippen molar-refractivity contribution < 1.29 is 38.9 Å². The molecule has 2 unspecified atom stereocenters. The lowest BCUT2D eigenvalue weighted by molar-refractivity contribution is -0.179. The Hall–Kier alpha value is -3.16. The molecule has 0 amide bonds. The van der Waals surface area contributed by atoms with E-state index in [9.17, 15) is 29.4 Å². The first kappa shape index (κ1) is 30.9. The Morgan fingerprint density at radius 3 is 1.28 bits per heavy atom. The maximum absolute atomic E-state index is 12.1. The molecule has 36 heavy (non-hydrogen) atoms. The van der Waals surface area contributed by atoms with Crippen molar-refractivity contribution in [3.05, 3.63) is 50.6 Å². The molecular weight excluding hydrogens is 464 g/mol. The van der Waals surface area contributed by atoms with Gasteiger partial charge in [0.1, 0.15) is 13.2 Å². The van der Waals surface area contributed by atoms with E-state index in [1.165, 1.54) is 24.3 Å². The number of carbonyl (C=O) groups excluding carboxylic acids is 2. The number of allylic oxidation sites excluding steroid dienone is 2. The van der Waals surface area contributed by atoms with Crippen molar-refractivity contribution in [1.29, 1.82) is 0 Å². The van der Waals surface area contributed by atoms with Crippen LogP contribution in [0.15, 0.2) is 50.6 Å². The highest BCUT2D eigenvalue weighted by Gasteiger charge is 2.60. The molecule has 2 aliphatic carbocycles. The van der Waals surface area contributed by atoms with Crippen LogP contribution in [0.1, 0.15) is 70.6 Å². The Bertz CT molecular complexity index is 776. The third-order valence-corrected chi connectivity index (χ3v) is 7.33. The molecule has 2 N–H and O–H groups in total. The fraction of sp³-hybridized carbons (Fsp3) is 0.571. The van der Waals surface area contributed by atoms with Gasteiger partial charge in [0.2, 0.25) is 0 Å². The average molecular weight is 505 g/mol. The van der Waals surface area contributed by atoms with Gasteiger partial charge in [0, 0.05) is 0 Å². The monoisotopic (exact) mass is 504 g/mol. The normalized spacial score (nSPS) is 24.6. The van der Waals surface area contributed by atoms with Crippen LogP contribution in [0.4, 0.5) is 0 Å². The number of carboxylic acid groups (broad SMARTS) is 2. The highest BCUT2D eigenvalue weighted by molar-refractivity contribution is 6.00. The first-order chi connectivity index (χ1) is 17.1. The molecular formula is C28H40O8. The number of hydrogen-bond donors (Lipinski definition) is 2. The van der Waals surface area contributed by atoms with E-state index in [1.807, 2.05) is 0 Å². The van der Waals surface area contributed by atoms with Gasteiger partial charge in [-0.2, -0.15) is 0 Å². The summed E-state index contributed by atoms with van der Waals surface area (Å²) in [6.07, 6.45) is 12.3. The van der Waals surface area contributed by atoms with Crippen LogP contribution < -0.4 is 0 Å². The minimum absolute atomic E-state index is 0.120. The molecule has 2 fully saturated rings. The van der Waals surface area contributed by atoms with Crippen LogP contribution in [-0.2, 0) is 28.7 Å². The Morgan fingerprint density at radius 2 is 0.972 bits per heavy atom. The lowest BCUT2D eigenvalue weighted by Crippen LogP contribution is -2.54. The first-order valence-electron chi connectivity index (χ1n) is 12.4. The van der Waals surface area contributed by atoms with Gasteiger partial charge in [-0.3, -0.25) is 19.2 Å². The van der Waals surface area contributed by atoms with E-state index in [-0.39, 0.29) is 26.1 Å². The number of esters is 2. The van der Waals surface area contributed by atoms with Crippen LogP contribution in [0.3, 0.4) is 0 Å². The standard InChI is InChI=1S/2C14H20O4/c1-3-10-17-12(15)14(8-6-5-7-9-14)13(16)18-11-4-2;1-3-7-13(11(15)16)9-5-6-10-14(13,8-4-2)12(17)18/h3-4H,1-2,5-11H2;3-4H,1-2,5-10H2,(H,15,16)(H,17,18). The second kappa shape index (κ2) is 14.4. The minimum Gasteiger partial charge on any atom is -0.481 e. The topological polar surface area (TPSA) is 127 Å². The smallest absolute Gasteiger partial charge is 0.323 e. The molecule has 0 aliphatic heterocycles. The zero-order valence-electron chi connectivity index (χ0n) is 21.2. The van der Waals surface area contributed by atoms with Gasteiger partial charge >= 0.3 is 23.9 Å². The molecule has 0 radical (unpaired) electrons. The van der Waals surface area contributed by atoms with E-state index in [2.05, 4.69) is 26.3 Å². The van der Waals surface area contributed by atoms with E-state index in [0.717, 1.165) is 32.1 Å². The number of ether oxygens (including phenoxy) is 2. The zero-order valence-corrected chi connectivity index (χ0v) is 21.2. The van der Waals surface area contributed by atoms with Gasteiger partial charge in [-0.15, -0.1) is 13.2 Å². The molecule has 0 aromatic heterocycles. The van der Waals surface area contributed by atoms with Crippen molar-refractivity contribution in [2.75, 3.05) is 13.2 Å².